The van der Waals surface area contributed by atoms with Crippen molar-refractivity contribution >= 4 is 23.4 Å². The largest absolute Gasteiger partial charge is 0.459 e. The minimum Gasteiger partial charge on any atom is -0.459 e. The Morgan fingerprint density at radius 3 is 2.29 bits per heavy atom. The molecule has 0 saturated carbocycles. The summed E-state index contributed by atoms with van der Waals surface area (Å²) in [6.07, 6.45) is 0. The second-order valence-electron chi connectivity index (χ2n) is 6.37. The average Bonchev–Trinajstić information content (AvgIpc) is 2.70. The van der Waals surface area contributed by atoms with Crippen molar-refractivity contribution in [1.29, 1.82) is 0 Å². The standard InChI is InChI=1S/C21H20ClN3O3/c1-24(2)20-21(27)25(13-17(26)28-14-15-9-5-3-6-10-15)18(19(22)23-20)16-11-7-4-8-12-16/h3-12H,13-14H2,1-2H3. The maximum atomic E-state index is 13.0. The van der Waals surface area contributed by atoms with Gasteiger partial charge in [0.2, 0.25) is 0 Å². The molecule has 7 heteroatoms. The average molecular weight is 398 g/mol. The van der Waals surface area contributed by atoms with Crippen LogP contribution >= 0.6 is 11.6 Å². The van der Waals surface area contributed by atoms with Gasteiger partial charge < -0.3 is 9.64 Å². The van der Waals surface area contributed by atoms with E-state index in [-0.39, 0.29) is 24.1 Å². The number of esters is 1. The zero-order valence-electron chi connectivity index (χ0n) is 15.6. The third kappa shape index (κ3) is 4.40. The summed E-state index contributed by atoms with van der Waals surface area (Å²) in [5.41, 5.74) is 1.53. The Morgan fingerprint density at radius 1 is 1.07 bits per heavy atom. The van der Waals surface area contributed by atoms with Crippen LogP contribution in [0.5, 0.6) is 0 Å². The lowest BCUT2D eigenvalue weighted by molar-refractivity contribution is -0.145. The van der Waals surface area contributed by atoms with E-state index < -0.39 is 11.5 Å². The summed E-state index contributed by atoms with van der Waals surface area (Å²) >= 11 is 6.39. The van der Waals surface area contributed by atoms with Gasteiger partial charge in [-0.25, -0.2) is 4.98 Å². The van der Waals surface area contributed by atoms with Crippen LogP contribution < -0.4 is 10.5 Å². The topological polar surface area (TPSA) is 64.4 Å². The van der Waals surface area contributed by atoms with Crippen LogP contribution in [0.3, 0.4) is 0 Å². The van der Waals surface area contributed by atoms with E-state index in [2.05, 4.69) is 4.98 Å². The van der Waals surface area contributed by atoms with Gasteiger partial charge in [0.25, 0.3) is 5.56 Å². The van der Waals surface area contributed by atoms with Gasteiger partial charge in [-0.05, 0) is 5.56 Å². The fourth-order valence-corrected chi connectivity index (χ4v) is 3.04. The highest BCUT2D eigenvalue weighted by molar-refractivity contribution is 6.32. The van der Waals surface area contributed by atoms with Gasteiger partial charge in [-0.1, -0.05) is 72.3 Å². The van der Waals surface area contributed by atoms with Crippen molar-refractivity contribution < 1.29 is 9.53 Å². The number of anilines is 1. The van der Waals surface area contributed by atoms with Crippen molar-refractivity contribution in [3.05, 3.63) is 81.7 Å². The molecule has 0 bridgehead atoms. The maximum absolute atomic E-state index is 13.0. The third-order valence-corrected chi connectivity index (χ3v) is 4.37. The molecular weight excluding hydrogens is 378 g/mol. The summed E-state index contributed by atoms with van der Waals surface area (Å²) < 4.78 is 6.66. The van der Waals surface area contributed by atoms with Crippen molar-refractivity contribution in [2.24, 2.45) is 0 Å². The predicted octanol–water partition coefficient (Wildman–Crippen LogP) is 3.37. The van der Waals surface area contributed by atoms with Crippen LogP contribution in [0.25, 0.3) is 11.3 Å². The smallest absolute Gasteiger partial charge is 0.326 e. The number of benzene rings is 2. The van der Waals surface area contributed by atoms with Crippen LogP contribution in [-0.4, -0.2) is 29.6 Å². The molecule has 1 aromatic heterocycles. The van der Waals surface area contributed by atoms with Gasteiger partial charge in [0.05, 0.1) is 5.69 Å². The molecule has 0 radical (unpaired) electrons. The fourth-order valence-electron chi connectivity index (χ4n) is 2.75. The molecule has 3 aromatic rings. The Labute approximate surface area is 168 Å². The molecule has 144 valence electrons. The molecular formula is C21H20ClN3O3. The van der Waals surface area contributed by atoms with Gasteiger partial charge in [0.1, 0.15) is 13.2 Å². The quantitative estimate of drug-likeness (QED) is 0.597. The molecule has 28 heavy (non-hydrogen) atoms. The first kappa shape index (κ1) is 19.6. The number of nitrogens with zero attached hydrogens (tertiary/aromatic N) is 3. The fraction of sp³-hybridized carbons (Fsp3) is 0.190. The van der Waals surface area contributed by atoms with E-state index in [4.69, 9.17) is 16.3 Å². The second kappa shape index (κ2) is 8.71. The summed E-state index contributed by atoms with van der Waals surface area (Å²) in [4.78, 5) is 31.2. The number of aromatic nitrogens is 2. The van der Waals surface area contributed by atoms with Crippen molar-refractivity contribution in [1.82, 2.24) is 9.55 Å². The molecule has 3 rings (SSSR count). The summed E-state index contributed by atoms with van der Waals surface area (Å²) in [5.74, 6) is -0.379. The molecule has 0 aliphatic carbocycles. The van der Waals surface area contributed by atoms with E-state index in [9.17, 15) is 9.59 Å². The van der Waals surface area contributed by atoms with E-state index in [0.29, 0.717) is 11.3 Å². The predicted molar refractivity (Wildman–Crippen MR) is 110 cm³/mol. The number of carbonyl (C=O) groups is 1. The number of halogens is 1. The lowest BCUT2D eigenvalue weighted by Gasteiger charge is -2.18. The van der Waals surface area contributed by atoms with Gasteiger partial charge in [-0.2, -0.15) is 0 Å². The maximum Gasteiger partial charge on any atom is 0.326 e. The van der Waals surface area contributed by atoms with Gasteiger partial charge in [-0.15, -0.1) is 0 Å². The van der Waals surface area contributed by atoms with E-state index in [0.717, 1.165) is 5.56 Å². The molecule has 0 fully saturated rings. The number of rotatable bonds is 6. The Balaban J connectivity index is 1.95. The zero-order valence-corrected chi connectivity index (χ0v) is 16.4. The SMILES string of the molecule is CN(C)c1nc(Cl)c(-c2ccccc2)n(CC(=O)OCc2ccccc2)c1=O. The minimum atomic E-state index is -0.532. The van der Waals surface area contributed by atoms with Crippen molar-refractivity contribution in [2.75, 3.05) is 19.0 Å². The first-order valence-electron chi connectivity index (χ1n) is 8.70. The van der Waals surface area contributed by atoms with Gasteiger partial charge in [0, 0.05) is 19.7 Å². The van der Waals surface area contributed by atoms with Crippen LogP contribution in [0.15, 0.2) is 65.5 Å². The molecule has 0 unspecified atom stereocenters. The van der Waals surface area contributed by atoms with E-state index >= 15 is 0 Å². The van der Waals surface area contributed by atoms with Crippen LogP contribution in [0.4, 0.5) is 5.82 Å². The summed E-state index contributed by atoms with van der Waals surface area (Å²) in [5, 5.41) is 0.144. The van der Waals surface area contributed by atoms with Gasteiger partial charge >= 0.3 is 5.97 Å². The molecule has 0 aliphatic heterocycles. The second-order valence-corrected chi connectivity index (χ2v) is 6.73. The van der Waals surface area contributed by atoms with Gasteiger partial charge in [-0.3, -0.25) is 14.2 Å². The molecule has 0 amide bonds. The minimum absolute atomic E-state index is 0.133. The van der Waals surface area contributed by atoms with Crippen LogP contribution in [0, 0.1) is 0 Å². The number of hydrogen-bond donors (Lipinski definition) is 0. The third-order valence-electron chi connectivity index (χ3n) is 4.11. The molecule has 0 saturated heterocycles. The molecule has 1 heterocycles. The van der Waals surface area contributed by atoms with Gasteiger partial charge in [0.15, 0.2) is 11.0 Å². The van der Waals surface area contributed by atoms with Crippen molar-refractivity contribution in [3.8, 4) is 11.3 Å². The number of carbonyl (C=O) groups excluding carboxylic acids is 1. The lowest BCUT2D eigenvalue weighted by Crippen LogP contribution is -2.32. The van der Waals surface area contributed by atoms with Crippen LogP contribution in [0.2, 0.25) is 5.15 Å². The normalized spacial score (nSPS) is 10.5. The van der Waals surface area contributed by atoms with E-state index in [1.807, 2.05) is 60.7 Å². The monoisotopic (exact) mass is 397 g/mol. The highest BCUT2D eigenvalue weighted by Crippen LogP contribution is 2.26. The van der Waals surface area contributed by atoms with E-state index in [1.54, 1.807) is 19.0 Å². The summed E-state index contributed by atoms with van der Waals surface area (Å²) in [7, 11) is 3.39. The Bertz CT molecular complexity index is 1020. The van der Waals surface area contributed by atoms with Crippen molar-refractivity contribution in [3.63, 3.8) is 0 Å². The number of ether oxygens (including phenoxy) is 1. The molecule has 0 spiro atoms. The first-order valence-corrected chi connectivity index (χ1v) is 9.08. The van der Waals surface area contributed by atoms with Crippen molar-refractivity contribution in [2.45, 2.75) is 13.2 Å². The molecule has 0 aliphatic rings. The Morgan fingerprint density at radius 2 is 1.68 bits per heavy atom. The highest BCUT2D eigenvalue weighted by atomic mass is 35.5. The summed E-state index contributed by atoms with van der Waals surface area (Å²) in [6.45, 7) is -0.132. The Kier molecular flexibility index (Phi) is 6.11. The molecule has 0 atom stereocenters. The first-order chi connectivity index (χ1) is 13.5. The summed E-state index contributed by atoms with van der Waals surface area (Å²) in [6, 6.07) is 18.5. The molecule has 6 nitrogen and oxygen atoms in total. The Hall–Kier alpha value is -3.12. The highest BCUT2D eigenvalue weighted by Gasteiger charge is 2.20. The lowest BCUT2D eigenvalue weighted by atomic mass is 10.1. The zero-order chi connectivity index (χ0) is 20.1. The molecule has 0 N–H and O–H groups in total. The van der Waals surface area contributed by atoms with Crippen LogP contribution in [-0.2, 0) is 22.7 Å². The van der Waals surface area contributed by atoms with Crippen LogP contribution in [0.1, 0.15) is 5.56 Å². The molecule has 2 aromatic carbocycles. The van der Waals surface area contributed by atoms with E-state index in [1.165, 1.54) is 4.57 Å². The number of hydrogen-bond acceptors (Lipinski definition) is 5.